The predicted octanol–water partition coefficient (Wildman–Crippen LogP) is 3.91. The number of isocyanates is 1. The zero-order chi connectivity index (χ0) is 13.9. The Hall–Kier alpha value is -1.89. The topological polar surface area (TPSA) is 29.4 Å². The Kier molecular flexibility index (Phi) is 3.68. The molecule has 0 aliphatic heterocycles. The zero-order valence-corrected chi connectivity index (χ0v) is 11.7. The van der Waals surface area contributed by atoms with Crippen LogP contribution in [0.3, 0.4) is 0 Å². The van der Waals surface area contributed by atoms with E-state index in [4.69, 9.17) is 11.6 Å². The van der Waals surface area contributed by atoms with Crippen LogP contribution in [0.4, 0.5) is 0 Å². The van der Waals surface area contributed by atoms with Crippen LogP contribution in [-0.4, -0.2) is 12.6 Å². The quantitative estimate of drug-likeness (QED) is 0.607. The monoisotopic (exact) mass is 283 g/mol. The summed E-state index contributed by atoms with van der Waals surface area (Å²) in [6.45, 7) is 0.424. The molecule has 1 atom stereocenters. The third kappa shape index (κ3) is 2.29. The van der Waals surface area contributed by atoms with Gasteiger partial charge in [-0.15, -0.1) is 0 Å². The number of carbonyl (C=O) groups excluding carboxylic acids is 1. The summed E-state index contributed by atoms with van der Waals surface area (Å²) in [6.07, 6.45) is 3.54. The molecule has 2 nitrogen and oxygen atoms in total. The standard InChI is InChI=1S/C17H14ClNO/c18-17-7-3-6-14-15(17)9-8-12-4-1-2-5-13(12)16(14)10-19-11-20/h1-7,16H,8-10H2/t16-/m1/s1. The normalized spacial score (nSPS) is 16.6. The summed E-state index contributed by atoms with van der Waals surface area (Å²) in [5.74, 6) is 0.0869. The van der Waals surface area contributed by atoms with Crippen molar-refractivity contribution < 1.29 is 4.79 Å². The first-order valence-corrected chi connectivity index (χ1v) is 7.07. The van der Waals surface area contributed by atoms with E-state index in [1.165, 1.54) is 22.3 Å². The molecular formula is C17H14ClNO. The summed E-state index contributed by atoms with van der Waals surface area (Å²) < 4.78 is 0. The van der Waals surface area contributed by atoms with E-state index in [9.17, 15) is 4.79 Å². The lowest BCUT2D eigenvalue weighted by atomic mass is 9.88. The number of halogens is 1. The van der Waals surface area contributed by atoms with Crippen molar-refractivity contribution in [2.75, 3.05) is 6.54 Å². The van der Waals surface area contributed by atoms with Crippen molar-refractivity contribution in [1.29, 1.82) is 0 Å². The summed E-state index contributed by atoms with van der Waals surface area (Å²) in [4.78, 5) is 14.3. The van der Waals surface area contributed by atoms with Crippen LogP contribution in [0.15, 0.2) is 47.5 Å². The summed E-state index contributed by atoms with van der Waals surface area (Å²) in [5, 5.41) is 0.801. The van der Waals surface area contributed by atoms with Gasteiger partial charge in [-0.25, -0.2) is 9.79 Å². The highest BCUT2D eigenvalue weighted by molar-refractivity contribution is 6.31. The van der Waals surface area contributed by atoms with Crippen LogP contribution in [0.1, 0.15) is 28.2 Å². The molecule has 3 heteroatoms. The minimum atomic E-state index is 0.0869. The fraction of sp³-hybridized carbons (Fsp3) is 0.235. The van der Waals surface area contributed by atoms with Crippen LogP contribution in [0.5, 0.6) is 0 Å². The van der Waals surface area contributed by atoms with E-state index >= 15 is 0 Å². The summed E-state index contributed by atoms with van der Waals surface area (Å²) >= 11 is 6.35. The van der Waals surface area contributed by atoms with E-state index in [1.807, 2.05) is 18.2 Å². The minimum absolute atomic E-state index is 0.0869. The number of aliphatic imine (C=N–C) groups is 1. The SMILES string of the molecule is O=C=NC[C@@H]1c2ccccc2CCc2c(Cl)cccc21. The molecule has 100 valence electrons. The van der Waals surface area contributed by atoms with Crippen LogP contribution >= 0.6 is 11.6 Å². The Balaban J connectivity index is 2.19. The maximum absolute atomic E-state index is 10.5. The molecule has 0 bridgehead atoms. The molecule has 0 radical (unpaired) electrons. The Bertz CT molecular complexity index is 689. The number of hydrogen-bond acceptors (Lipinski definition) is 2. The number of rotatable bonds is 2. The molecule has 0 amide bonds. The van der Waals surface area contributed by atoms with E-state index < -0.39 is 0 Å². The van der Waals surface area contributed by atoms with E-state index in [-0.39, 0.29) is 5.92 Å². The van der Waals surface area contributed by atoms with Gasteiger partial charge in [-0.3, -0.25) is 0 Å². The van der Waals surface area contributed by atoms with Crippen LogP contribution in [0.2, 0.25) is 5.02 Å². The second-order valence-corrected chi connectivity index (χ2v) is 5.40. The summed E-state index contributed by atoms with van der Waals surface area (Å²) in [5.41, 5.74) is 4.91. The van der Waals surface area contributed by atoms with Crippen LogP contribution in [0, 0.1) is 0 Å². The van der Waals surface area contributed by atoms with E-state index in [0.717, 1.165) is 17.9 Å². The lowest BCUT2D eigenvalue weighted by Gasteiger charge is -2.18. The van der Waals surface area contributed by atoms with Gasteiger partial charge >= 0.3 is 0 Å². The third-order valence-corrected chi connectivity index (χ3v) is 4.30. The number of nitrogens with zero attached hydrogens (tertiary/aromatic N) is 1. The Morgan fingerprint density at radius 3 is 2.75 bits per heavy atom. The average Bonchev–Trinajstić information content (AvgIpc) is 2.63. The first-order chi connectivity index (χ1) is 9.81. The van der Waals surface area contributed by atoms with E-state index in [0.29, 0.717) is 6.54 Å². The fourth-order valence-corrected chi connectivity index (χ4v) is 3.30. The highest BCUT2D eigenvalue weighted by atomic mass is 35.5. The van der Waals surface area contributed by atoms with E-state index in [2.05, 4.69) is 29.3 Å². The second kappa shape index (κ2) is 5.62. The molecule has 0 saturated heterocycles. The lowest BCUT2D eigenvalue weighted by Crippen LogP contribution is -2.07. The molecule has 0 fully saturated rings. The van der Waals surface area contributed by atoms with Crippen LogP contribution in [-0.2, 0) is 17.6 Å². The second-order valence-electron chi connectivity index (χ2n) is 4.99. The number of benzene rings is 2. The molecule has 1 aliphatic rings. The van der Waals surface area contributed by atoms with E-state index in [1.54, 1.807) is 6.08 Å². The number of fused-ring (bicyclic) bond motifs is 2. The van der Waals surface area contributed by atoms with Crippen molar-refractivity contribution in [3.05, 3.63) is 69.7 Å². The van der Waals surface area contributed by atoms with Gasteiger partial charge in [-0.1, -0.05) is 48.0 Å². The third-order valence-electron chi connectivity index (χ3n) is 3.94. The molecule has 0 spiro atoms. The van der Waals surface area contributed by atoms with Gasteiger partial charge in [-0.2, -0.15) is 0 Å². The molecule has 0 N–H and O–H groups in total. The fourth-order valence-electron chi connectivity index (χ4n) is 3.02. The molecule has 0 heterocycles. The van der Waals surface area contributed by atoms with Gasteiger partial charge in [0.1, 0.15) is 0 Å². The summed E-state index contributed by atoms with van der Waals surface area (Å²) in [7, 11) is 0. The zero-order valence-electron chi connectivity index (χ0n) is 11.0. The van der Waals surface area contributed by atoms with Gasteiger partial charge in [0.15, 0.2) is 0 Å². The predicted molar refractivity (Wildman–Crippen MR) is 80.1 cm³/mol. The van der Waals surface area contributed by atoms with Gasteiger partial charge in [0, 0.05) is 10.9 Å². The minimum Gasteiger partial charge on any atom is -0.211 e. The van der Waals surface area contributed by atoms with Crippen LogP contribution < -0.4 is 0 Å². The van der Waals surface area contributed by atoms with Crippen molar-refractivity contribution in [3.8, 4) is 0 Å². The highest BCUT2D eigenvalue weighted by Gasteiger charge is 2.24. The lowest BCUT2D eigenvalue weighted by molar-refractivity contribution is 0.562. The maximum Gasteiger partial charge on any atom is 0.234 e. The van der Waals surface area contributed by atoms with Crippen molar-refractivity contribution >= 4 is 17.7 Å². The molecule has 0 saturated carbocycles. The molecule has 3 rings (SSSR count). The Morgan fingerprint density at radius 2 is 1.90 bits per heavy atom. The first kappa shape index (κ1) is 13.1. The van der Waals surface area contributed by atoms with Crippen molar-refractivity contribution in [2.45, 2.75) is 18.8 Å². The molecule has 2 aromatic rings. The highest BCUT2D eigenvalue weighted by Crippen LogP contribution is 2.37. The summed E-state index contributed by atoms with van der Waals surface area (Å²) in [6, 6.07) is 14.3. The number of aryl methyl sites for hydroxylation is 1. The number of hydrogen-bond donors (Lipinski definition) is 0. The van der Waals surface area contributed by atoms with Crippen molar-refractivity contribution in [2.24, 2.45) is 4.99 Å². The van der Waals surface area contributed by atoms with Crippen LogP contribution in [0.25, 0.3) is 0 Å². The average molecular weight is 284 g/mol. The van der Waals surface area contributed by atoms with Gasteiger partial charge in [0.05, 0.1) is 6.54 Å². The molecular weight excluding hydrogens is 270 g/mol. The molecule has 0 unspecified atom stereocenters. The van der Waals surface area contributed by atoms with Gasteiger partial charge < -0.3 is 0 Å². The van der Waals surface area contributed by atoms with Gasteiger partial charge in [0.2, 0.25) is 6.08 Å². The molecule has 20 heavy (non-hydrogen) atoms. The van der Waals surface area contributed by atoms with Gasteiger partial charge in [0.25, 0.3) is 0 Å². The smallest absolute Gasteiger partial charge is 0.211 e. The van der Waals surface area contributed by atoms with Gasteiger partial charge in [-0.05, 0) is 41.2 Å². The largest absolute Gasteiger partial charge is 0.234 e. The Morgan fingerprint density at radius 1 is 1.10 bits per heavy atom. The maximum atomic E-state index is 10.5. The first-order valence-electron chi connectivity index (χ1n) is 6.70. The molecule has 2 aromatic carbocycles. The van der Waals surface area contributed by atoms with Crippen molar-refractivity contribution in [3.63, 3.8) is 0 Å². The van der Waals surface area contributed by atoms with Crippen molar-refractivity contribution in [1.82, 2.24) is 0 Å². The molecule has 0 aromatic heterocycles. The molecule has 1 aliphatic carbocycles. The Labute approximate surface area is 123 Å².